The number of hydrogen-bond donors (Lipinski definition) is 1. The van der Waals surface area contributed by atoms with E-state index in [0.29, 0.717) is 26.1 Å². The second-order valence-electron chi connectivity index (χ2n) is 2.52. The number of hydrogen-bond acceptors (Lipinski definition) is 2. The Morgan fingerprint density at radius 3 is 2.50 bits per heavy atom. The number of ether oxygens (including phenoxy) is 1. The summed E-state index contributed by atoms with van der Waals surface area (Å²) < 4.78 is 5.08. The fourth-order valence-electron chi connectivity index (χ4n) is 1.07. The fraction of sp³-hybridized carbons (Fsp3) is 0.750. The van der Waals surface area contributed by atoms with Gasteiger partial charge in [0.25, 0.3) is 0 Å². The molecule has 0 atom stereocenters. The molecule has 1 aliphatic heterocycles. The van der Waals surface area contributed by atoms with Crippen LogP contribution < -0.4 is 0 Å². The van der Waals surface area contributed by atoms with Gasteiger partial charge in [0.15, 0.2) is 0 Å². The maximum absolute atomic E-state index is 9.62. The molecule has 10 heavy (non-hydrogen) atoms. The zero-order valence-electron chi connectivity index (χ0n) is 6.18. The highest BCUT2D eigenvalue weighted by molar-refractivity contribution is 5.12. The minimum Gasteiger partial charge on any atom is -0.381 e. The quantitative estimate of drug-likeness (QED) is 0.498. The van der Waals surface area contributed by atoms with Crippen molar-refractivity contribution in [3.63, 3.8) is 0 Å². The molecule has 0 saturated carbocycles. The Bertz CT molecular complexity index is 158. The molecular weight excluding hydrogens is 128 g/mol. The van der Waals surface area contributed by atoms with Crippen LogP contribution in [0.2, 0.25) is 0 Å². The van der Waals surface area contributed by atoms with Gasteiger partial charge in [-0.2, -0.15) is 0 Å². The van der Waals surface area contributed by atoms with E-state index in [1.807, 2.05) is 0 Å². The summed E-state index contributed by atoms with van der Waals surface area (Å²) in [6, 6.07) is 0. The first kappa shape index (κ1) is 7.59. The summed E-state index contributed by atoms with van der Waals surface area (Å²) in [6.45, 7) is 3.00. The molecule has 56 valence electrons. The van der Waals surface area contributed by atoms with Crippen molar-refractivity contribution >= 4 is 0 Å². The van der Waals surface area contributed by atoms with Crippen LogP contribution in [0.15, 0.2) is 0 Å². The number of aliphatic hydroxyl groups is 1. The van der Waals surface area contributed by atoms with Crippen LogP contribution in [0.3, 0.4) is 0 Å². The highest BCUT2D eigenvalue weighted by atomic mass is 16.5. The fourth-order valence-corrected chi connectivity index (χ4v) is 1.07. The molecule has 0 aliphatic carbocycles. The monoisotopic (exact) mass is 140 g/mol. The van der Waals surface area contributed by atoms with E-state index >= 15 is 0 Å². The third-order valence-corrected chi connectivity index (χ3v) is 1.68. The van der Waals surface area contributed by atoms with Crippen molar-refractivity contribution in [2.24, 2.45) is 0 Å². The van der Waals surface area contributed by atoms with Gasteiger partial charge < -0.3 is 9.84 Å². The van der Waals surface area contributed by atoms with Gasteiger partial charge in [0.05, 0.1) is 13.2 Å². The van der Waals surface area contributed by atoms with Crippen molar-refractivity contribution < 1.29 is 9.84 Å². The lowest BCUT2D eigenvalue weighted by molar-refractivity contribution is -0.0262. The van der Waals surface area contributed by atoms with Gasteiger partial charge in [-0.1, -0.05) is 5.92 Å². The van der Waals surface area contributed by atoms with E-state index in [0.717, 1.165) is 0 Å². The number of rotatable bonds is 0. The van der Waals surface area contributed by atoms with Crippen LogP contribution in [0.25, 0.3) is 0 Å². The molecule has 0 aromatic carbocycles. The average Bonchev–Trinajstić information content (AvgIpc) is 1.89. The molecular formula is C8H12O2. The van der Waals surface area contributed by atoms with E-state index in [2.05, 4.69) is 11.8 Å². The van der Waals surface area contributed by atoms with E-state index < -0.39 is 5.60 Å². The second kappa shape index (κ2) is 3.05. The van der Waals surface area contributed by atoms with Crippen LogP contribution in [-0.2, 0) is 4.74 Å². The largest absolute Gasteiger partial charge is 0.381 e. The lowest BCUT2D eigenvalue weighted by Crippen LogP contribution is -2.34. The minimum atomic E-state index is -0.757. The summed E-state index contributed by atoms with van der Waals surface area (Å²) in [5.41, 5.74) is -0.757. The lowest BCUT2D eigenvalue weighted by Gasteiger charge is -2.26. The van der Waals surface area contributed by atoms with Crippen molar-refractivity contribution in [1.29, 1.82) is 0 Å². The van der Waals surface area contributed by atoms with Crippen LogP contribution in [0.1, 0.15) is 19.8 Å². The summed E-state index contributed by atoms with van der Waals surface area (Å²) in [7, 11) is 0. The van der Waals surface area contributed by atoms with Gasteiger partial charge in [0.1, 0.15) is 5.60 Å². The first-order valence-electron chi connectivity index (χ1n) is 3.51. The molecule has 2 nitrogen and oxygen atoms in total. The smallest absolute Gasteiger partial charge is 0.129 e. The Hall–Kier alpha value is -0.520. The molecule has 0 amide bonds. The SMILES string of the molecule is CC#CC1(O)CCOCC1. The Morgan fingerprint density at radius 2 is 2.00 bits per heavy atom. The Balaban J connectivity index is 2.53. The van der Waals surface area contributed by atoms with Gasteiger partial charge >= 0.3 is 0 Å². The molecule has 0 unspecified atom stereocenters. The Morgan fingerprint density at radius 1 is 1.40 bits per heavy atom. The molecule has 1 saturated heterocycles. The zero-order chi connectivity index (χ0) is 7.45. The molecule has 0 bridgehead atoms. The molecule has 0 aromatic rings. The Kier molecular flexibility index (Phi) is 2.31. The van der Waals surface area contributed by atoms with E-state index in [1.54, 1.807) is 6.92 Å². The van der Waals surface area contributed by atoms with Crippen LogP contribution in [0.4, 0.5) is 0 Å². The van der Waals surface area contributed by atoms with Crippen molar-refractivity contribution in [2.75, 3.05) is 13.2 Å². The average molecular weight is 140 g/mol. The highest BCUT2D eigenvalue weighted by Gasteiger charge is 2.26. The maximum Gasteiger partial charge on any atom is 0.129 e. The van der Waals surface area contributed by atoms with Crippen molar-refractivity contribution in [3.8, 4) is 11.8 Å². The van der Waals surface area contributed by atoms with Gasteiger partial charge in [-0.3, -0.25) is 0 Å². The summed E-state index contributed by atoms with van der Waals surface area (Å²) in [4.78, 5) is 0. The summed E-state index contributed by atoms with van der Waals surface area (Å²) in [5, 5.41) is 9.62. The molecule has 1 aliphatic rings. The van der Waals surface area contributed by atoms with Gasteiger partial charge in [-0.05, 0) is 6.92 Å². The molecule has 1 fully saturated rings. The van der Waals surface area contributed by atoms with Gasteiger partial charge in [-0.25, -0.2) is 0 Å². The first-order valence-corrected chi connectivity index (χ1v) is 3.51. The predicted octanol–water partition coefficient (Wildman–Crippen LogP) is 0.551. The van der Waals surface area contributed by atoms with E-state index in [4.69, 9.17) is 4.74 Å². The third kappa shape index (κ3) is 1.73. The van der Waals surface area contributed by atoms with Crippen molar-refractivity contribution in [3.05, 3.63) is 0 Å². The minimum absolute atomic E-state index is 0.630. The normalized spacial score (nSPS) is 23.0. The summed E-state index contributed by atoms with van der Waals surface area (Å²) >= 11 is 0. The van der Waals surface area contributed by atoms with Gasteiger partial charge in [-0.15, -0.1) is 5.92 Å². The molecule has 1 N–H and O–H groups in total. The van der Waals surface area contributed by atoms with Crippen molar-refractivity contribution in [1.82, 2.24) is 0 Å². The Labute approximate surface area is 61.2 Å². The standard InChI is InChI=1S/C8H12O2/c1-2-3-8(9)4-6-10-7-5-8/h9H,4-7H2,1H3. The predicted molar refractivity (Wildman–Crippen MR) is 38.5 cm³/mol. The van der Waals surface area contributed by atoms with Crippen LogP contribution in [0.5, 0.6) is 0 Å². The molecule has 0 spiro atoms. The molecule has 0 aromatic heterocycles. The van der Waals surface area contributed by atoms with Crippen molar-refractivity contribution in [2.45, 2.75) is 25.4 Å². The van der Waals surface area contributed by atoms with Gasteiger partial charge in [0, 0.05) is 12.8 Å². The highest BCUT2D eigenvalue weighted by Crippen LogP contribution is 2.18. The van der Waals surface area contributed by atoms with E-state index in [1.165, 1.54) is 0 Å². The summed E-state index contributed by atoms with van der Waals surface area (Å²) in [6.07, 6.45) is 1.29. The lowest BCUT2D eigenvalue weighted by atomic mass is 9.95. The molecule has 1 rings (SSSR count). The topological polar surface area (TPSA) is 29.5 Å². The zero-order valence-corrected chi connectivity index (χ0v) is 6.18. The summed E-state index contributed by atoms with van der Waals surface area (Å²) in [5.74, 6) is 5.51. The molecule has 2 heteroatoms. The van der Waals surface area contributed by atoms with Gasteiger partial charge in [0.2, 0.25) is 0 Å². The maximum atomic E-state index is 9.62. The first-order chi connectivity index (χ1) is 4.77. The molecule has 0 radical (unpaired) electrons. The van der Waals surface area contributed by atoms with E-state index in [-0.39, 0.29) is 0 Å². The van der Waals surface area contributed by atoms with Crippen LogP contribution in [-0.4, -0.2) is 23.9 Å². The van der Waals surface area contributed by atoms with Crippen LogP contribution in [0, 0.1) is 11.8 Å². The van der Waals surface area contributed by atoms with E-state index in [9.17, 15) is 5.11 Å². The molecule has 1 heterocycles. The second-order valence-corrected chi connectivity index (χ2v) is 2.52. The van der Waals surface area contributed by atoms with Crippen LogP contribution >= 0.6 is 0 Å². The third-order valence-electron chi connectivity index (χ3n) is 1.68.